The van der Waals surface area contributed by atoms with E-state index in [2.05, 4.69) is 45.0 Å². The zero-order chi connectivity index (χ0) is 13.2. The fraction of sp³-hybridized carbons (Fsp3) is 0.647. The fourth-order valence-electron chi connectivity index (χ4n) is 2.22. The van der Waals surface area contributed by atoms with Gasteiger partial charge in [-0.2, -0.15) is 0 Å². The molecule has 1 rings (SSSR count). The molecule has 102 valence electrons. The Morgan fingerprint density at radius 1 is 0.833 bits per heavy atom. The van der Waals surface area contributed by atoms with Crippen molar-refractivity contribution < 1.29 is 0 Å². The lowest BCUT2D eigenvalue weighted by Gasteiger charge is -2.06. The van der Waals surface area contributed by atoms with Gasteiger partial charge in [0.15, 0.2) is 4.90 Å². The Labute approximate surface area is 117 Å². The zero-order valence-electron chi connectivity index (χ0n) is 12.4. The van der Waals surface area contributed by atoms with Crippen LogP contribution in [0.4, 0.5) is 0 Å². The van der Waals surface area contributed by atoms with E-state index in [4.69, 9.17) is 0 Å². The Morgan fingerprint density at radius 3 is 2.06 bits per heavy atom. The molecule has 0 N–H and O–H groups in total. The molecular formula is C17H29S+. The van der Waals surface area contributed by atoms with E-state index in [0.29, 0.717) is 10.9 Å². The van der Waals surface area contributed by atoms with E-state index in [0.717, 1.165) is 0 Å². The molecule has 1 unspecified atom stereocenters. The highest BCUT2D eigenvalue weighted by Crippen LogP contribution is 2.17. The molecule has 1 heteroatoms. The van der Waals surface area contributed by atoms with Crippen LogP contribution in [-0.4, -0.2) is 11.5 Å². The summed E-state index contributed by atoms with van der Waals surface area (Å²) in [7, 11) is 0.490. The van der Waals surface area contributed by atoms with Gasteiger partial charge in [-0.25, -0.2) is 0 Å². The smallest absolute Gasteiger partial charge is 0.0654 e. The molecule has 0 heterocycles. The van der Waals surface area contributed by atoms with Crippen molar-refractivity contribution in [3.8, 4) is 0 Å². The second-order valence-electron chi connectivity index (χ2n) is 5.07. The minimum absolute atomic E-state index is 0.490. The molecule has 0 aliphatic rings. The van der Waals surface area contributed by atoms with E-state index < -0.39 is 0 Å². The molecule has 0 saturated carbocycles. The molecule has 1 aromatic rings. The summed E-state index contributed by atoms with van der Waals surface area (Å²) in [6.45, 7) is 6.79. The maximum absolute atomic E-state index is 2.33. The molecule has 0 bridgehead atoms. The Balaban J connectivity index is 2.27. The monoisotopic (exact) mass is 265 g/mol. The first-order valence-corrected chi connectivity index (χ1v) is 9.08. The van der Waals surface area contributed by atoms with Gasteiger partial charge in [0.1, 0.15) is 11.5 Å². The highest BCUT2D eigenvalue weighted by atomic mass is 32.2. The first-order valence-electron chi connectivity index (χ1n) is 7.52. The summed E-state index contributed by atoms with van der Waals surface area (Å²) in [6, 6.07) is 9.18. The summed E-state index contributed by atoms with van der Waals surface area (Å²) < 4.78 is 0. The van der Waals surface area contributed by atoms with Crippen LogP contribution >= 0.6 is 0 Å². The van der Waals surface area contributed by atoms with Crippen LogP contribution in [0.1, 0.15) is 57.9 Å². The first kappa shape index (κ1) is 15.6. The summed E-state index contributed by atoms with van der Waals surface area (Å²) in [5, 5.41) is 0. The Hall–Kier alpha value is -0.430. The molecule has 0 spiro atoms. The van der Waals surface area contributed by atoms with Crippen molar-refractivity contribution in [2.24, 2.45) is 0 Å². The minimum atomic E-state index is 0.490. The molecular weight excluding hydrogens is 236 g/mol. The third kappa shape index (κ3) is 5.95. The molecule has 18 heavy (non-hydrogen) atoms. The molecule has 0 aromatic heterocycles. The predicted molar refractivity (Wildman–Crippen MR) is 85.6 cm³/mol. The quantitative estimate of drug-likeness (QED) is 0.417. The van der Waals surface area contributed by atoms with E-state index >= 15 is 0 Å². The summed E-state index contributed by atoms with van der Waals surface area (Å²) in [4.78, 5) is 1.57. The standard InChI is InChI=1S/C17H29S/c1-4-6-7-8-9-10-15-18(5-2)17-13-11-16(3)12-14-17/h11-14H,4-10,15H2,1-3H3/q+1. The van der Waals surface area contributed by atoms with Gasteiger partial charge >= 0.3 is 0 Å². The van der Waals surface area contributed by atoms with Crippen LogP contribution in [0.3, 0.4) is 0 Å². The molecule has 0 radical (unpaired) electrons. The van der Waals surface area contributed by atoms with Crippen molar-refractivity contribution in [1.29, 1.82) is 0 Å². The van der Waals surface area contributed by atoms with Crippen LogP contribution in [0.2, 0.25) is 0 Å². The first-order chi connectivity index (χ1) is 8.77. The third-order valence-corrected chi connectivity index (χ3v) is 5.86. The van der Waals surface area contributed by atoms with E-state index in [1.165, 1.54) is 55.6 Å². The predicted octanol–water partition coefficient (Wildman–Crippen LogP) is 5.35. The van der Waals surface area contributed by atoms with Gasteiger partial charge in [-0.1, -0.05) is 50.3 Å². The largest absolute Gasteiger partial charge is 0.154 e. The Bertz CT molecular complexity index is 302. The highest BCUT2D eigenvalue weighted by molar-refractivity contribution is 7.96. The van der Waals surface area contributed by atoms with Crippen LogP contribution in [0.25, 0.3) is 0 Å². The Kier molecular flexibility index (Phi) is 8.24. The molecule has 0 fully saturated rings. The summed E-state index contributed by atoms with van der Waals surface area (Å²) >= 11 is 0. The summed E-state index contributed by atoms with van der Waals surface area (Å²) in [5.41, 5.74) is 1.37. The van der Waals surface area contributed by atoms with Gasteiger partial charge in [0.05, 0.1) is 0 Å². The van der Waals surface area contributed by atoms with Gasteiger partial charge < -0.3 is 0 Å². The number of hydrogen-bond acceptors (Lipinski definition) is 0. The number of hydrogen-bond donors (Lipinski definition) is 0. The second kappa shape index (κ2) is 9.49. The number of rotatable bonds is 9. The van der Waals surface area contributed by atoms with E-state index in [-0.39, 0.29) is 0 Å². The Morgan fingerprint density at radius 2 is 1.44 bits per heavy atom. The van der Waals surface area contributed by atoms with Crippen LogP contribution in [0.15, 0.2) is 29.2 Å². The average molecular weight is 265 g/mol. The summed E-state index contributed by atoms with van der Waals surface area (Å²) in [5.74, 6) is 2.70. The van der Waals surface area contributed by atoms with Crippen molar-refractivity contribution in [1.82, 2.24) is 0 Å². The molecule has 1 aromatic carbocycles. The van der Waals surface area contributed by atoms with Crippen molar-refractivity contribution in [3.63, 3.8) is 0 Å². The number of unbranched alkanes of at least 4 members (excludes halogenated alkanes) is 5. The van der Waals surface area contributed by atoms with Gasteiger partial charge in [0.25, 0.3) is 0 Å². The maximum atomic E-state index is 2.33. The van der Waals surface area contributed by atoms with Gasteiger partial charge in [-0.15, -0.1) is 0 Å². The van der Waals surface area contributed by atoms with Gasteiger partial charge in [0.2, 0.25) is 0 Å². The van der Waals surface area contributed by atoms with Crippen molar-refractivity contribution in [2.45, 2.75) is 64.2 Å². The van der Waals surface area contributed by atoms with Gasteiger partial charge in [-0.3, -0.25) is 0 Å². The van der Waals surface area contributed by atoms with Crippen LogP contribution in [-0.2, 0) is 10.9 Å². The van der Waals surface area contributed by atoms with E-state index in [1.54, 1.807) is 4.90 Å². The molecule has 0 saturated heterocycles. The fourth-order valence-corrected chi connectivity index (χ4v) is 4.15. The lowest BCUT2D eigenvalue weighted by Crippen LogP contribution is -2.10. The maximum Gasteiger partial charge on any atom is 0.154 e. The van der Waals surface area contributed by atoms with Gasteiger partial charge in [-0.05, 0) is 38.8 Å². The van der Waals surface area contributed by atoms with Crippen LogP contribution < -0.4 is 0 Å². The third-order valence-electron chi connectivity index (χ3n) is 3.45. The highest BCUT2D eigenvalue weighted by Gasteiger charge is 2.18. The van der Waals surface area contributed by atoms with Crippen LogP contribution in [0, 0.1) is 6.92 Å². The lowest BCUT2D eigenvalue weighted by atomic mass is 10.1. The second-order valence-corrected chi connectivity index (χ2v) is 7.51. The zero-order valence-corrected chi connectivity index (χ0v) is 13.2. The van der Waals surface area contributed by atoms with E-state index in [1.807, 2.05) is 0 Å². The van der Waals surface area contributed by atoms with Crippen LogP contribution in [0.5, 0.6) is 0 Å². The molecule has 0 aliphatic heterocycles. The van der Waals surface area contributed by atoms with Crippen molar-refractivity contribution in [2.75, 3.05) is 11.5 Å². The minimum Gasteiger partial charge on any atom is -0.0654 e. The van der Waals surface area contributed by atoms with Gasteiger partial charge in [0, 0.05) is 10.9 Å². The molecule has 0 aliphatic carbocycles. The topological polar surface area (TPSA) is 0 Å². The SMILES string of the molecule is CCCCCCCC[S+](CC)c1ccc(C)cc1. The molecule has 0 nitrogen and oxygen atoms in total. The van der Waals surface area contributed by atoms with Crippen molar-refractivity contribution >= 4 is 10.9 Å². The molecule has 1 atom stereocenters. The van der Waals surface area contributed by atoms with Crippen molar-refractivity contribution in [3.05, 3.63) is 29.8 Å². The molecule has 0 amide bonds. The summed E-state index contributed by atoms with van der Waals surface area (Å²) in [6.07, 6.45) is 8.47. The lowest BCUT2D eigenvalue weighted by molar-refractivity contribution is 0.626. The van der Waals surface area contributed by atoms with E-state index in [9.17, 15) is 0 Å². The number of benzene rings is 1. The number of aryl methyl sites for hydroxylation is 1. The normalized spacial score (nSPS) is 12.6. The average Bonchev–Trinajstić information content (AvgIpc) is 2.39.